The maximum Gasteiger partial charge on any atom is 0.303 e. The Labute approximate surface area is 91.9 Å². The van der Waals surface area contributed by atoms with Crippen molar-refractivity contribution in [1.29, 1.82) is 0 Å². The summed E-state index contributed by atoms with van der Waals surface area (Å²) in [5.41, 5.74) is 6.19. The Morgan fingerprint density at radius 2 is 2.07 bits per heavy atom. The molecule has 0 unspecified atom stereocenters. The highest BCUT2D eigenvalue weighted by Crippen LogP contribution is 2.01. The highest BCUT2D eigenvalue weighted by atomic mass is 16.4. The lowest BCUT2D eigenvalue weighted by Crippen LogP contribution is -1.94. The van der Waals surface area contributed by atoms with E-state index >= 15 is 0 Å². The number of aliphatic carboxylic acids is 1. The number of nitrogens with zero attached hydrogens (tertiary/aromatic N) is 1. The van der Waals surface area contributed by atoms with Gasteiger partial charge in [-0.2, -0.15) is 0 Å². The zero-order valence-electron chi connectivity index (χ0n) is 9.86. The number of allylic oxidation sites excluding steroid dienone is 1. The largest absolute Gasteiger partial charge is 0.481 e. The van der Waals surface area contributed by atoms with Crippen LogP contribution in [0.3, 0.4) is 0 Å². The molecular formula is C11H22N2O2. The molecule has 0 rings (SSSR count). The number of hydrogen-bond donors (Lipinski definition) is 2. The number of carboxylic acids is 1. The zero-order valence-corrected chi connectivity index (χ0v) is 9.86. The van der Waals surface area contributed by atoms with Crippen molar-refractivity contribution in [2.75, 3.05) is 6.54 Å². The Morgan fingerprint density at radius 1 is 1.47 bits per heavy atom. The summed E-state index contributed by atoms with van der Waals surface area (Å²) in [6.45, 7) is 6.55. The van der Waals surface area contributed by atoms with Gasteiger partial charge >= 0.3 is 5.97 Å². The first kappa shape index (κ1) is 16.1. The molecule has 0 bridgehead atoms. The highest BCUT2D eigenvalue weighted by molar-refractivity contribution is 5.66. The van der Waals surface area contributed by atoms with Gasteiger partial charge in [0.1, 0.15) is 0 Å². The van der Waals surface area contributed by atoms with Crippen LogP contribution >= 0.6 is 0 Å². The average molecular weight is 214 g/mol. The monoisotopic (exact) mass is 214 g/mol. The first-order valence-electron chi connectivity index (χ1n) is 5.24. The predicted molar refractivity (Wildman–Crippen MR) is 64.1 cm³/mol. The van der Waals surface area contributed by atoms with Crippen LogP contribution < -0.4 is 5.73 Å². The molecule has 88 valence electrons. The van der Waals surface area contributed by atoms with E-state index in [2.05, 4.69) is 4.99 Å². The lowest BCUT2D eigenvalue weighted by atomic mass is 10.2. The Balaban J connectivity index is 0. The van der Waals surface area contributed by atoms with Crippen molar-refractivity contribution in [3.05, 3.63) is 11.6 Å². The fraction of sp³-hybridized carbons (Fsp3) is 0.636. The summed E-state index contributed by atoms with van der Waals surface area (Å²) in [6, 6.07) is 0. The number of aliphatic imine (C=N–C) groups is 1. The third-order valence-electron chi connectivity index (χ3n) is 1.53. The van der Waals surface area contributed by atoms with E-state index < -0.39 is 5.97 Å². The molecule has 0 spiro atoms. The summed E-state index contributed by atoms with van der Waals surface area (Å²) < 4.78 is 0. The topological polar surface area (TPSA) is 75.7 Å². The maximum atomic E-state index is 10.2. The summed E-state index contributed by atoms with van der Waals surface area (Å²) >= 11 is 0. The summed E-state index contributed by atoms with van der Waals surface area (Å²) in [6.07, 6.45) is 4.96. The van der Waals surface area contributed by atoms with Crippen LogP contribution in [0.4, 0.5) is 0 Å². The molecule has 0 saturated carbocycles. The summed E-state index contributed by atoms with van der Waals surface area (Å²) in [7, 11) is 0. The van der Waals surface area contributed by atoms with Gasteiger partial charge in [-0.25, -0.2) is 0 Å². The van der Waals surface area contributed by atoms with Crippen molar-refractivity contribution >= 4 is 12.3 Å². The van der Waals surface area contributed by atoms with Crippen LogP contribution in [0.5, 0.6) is 0 Å². The Kier molecular flexibility index (Phi) is 13.6. The molecule has 0 atom stereocenters. The third kappa shape index (κ3) is 15.4. The summed E-state index contributed by atoms with van der Waals surface area (Å²) in [4.78, 5) is 14.0. The molecule has 0 aromatic heterocycles. The van der Waals surface area contributed by atoms with Gasteiger partial charge in [0.15, 0.2) is 0 Å². The second-order valence-electron chi connectivity index (χ2n) is 2.83. The van der Waals surface area contributed by atoms with E-state index in [1.807, 2.05) is 26.8 Å². The quantitative estimate of drug-likeness (QED) is 0.308. The van der Waals surface area contributed by atoms with Crippen LogP contribution in [0.15, 0.2) is 16.6 Å². The van der Waals surface area contributed by atoms with Crippen LogP contribution in [0.25, 0.3) is 0 Å². The van der Waals surface area contributed by atoms with Gasteiger partial charge in [-0.15, -0.1) is 0 Å². The van der Waals surface area contributed by atoms with Gasteiger partial charge in [-0.3, -0.25) is 9.79 Å². The van der Waals surface area contributed by atoms with Gasteiger partial charge in [0, 0.05) is 6.42 Å². The molecule has 15 heavy (non-hydrogen) atoms. The molecule has 0 aromatic rings. The van der Waals surface area contributed by atoms with Crippen molar-refractivity contribution in [2.45, 2.75) is 40.0 Å². The average Bonchev–Trinajstić information content (AvgIpc) is 2.24. The van der Waals surface area contributed by atoms with Crippen molar-refractivity contribution < 1.29 is 9.90 Å². The number of carbonyl (C=O) groups is 1. The standard InChI is InChI=1S/C9H16N2O2.C2H6/c1-8(6-11-7-10)4-2-3-5-9(12)13;1-2/h4,7H,2-3,5-6H2,1H3,(H2,10,11)(H,12,13);1-2H3/b8-4+;. The third-order valence-corrected chi connectivity index (χ3v) is 1.53. The van der Waals surface area contributed by atoms with E-state index in [9.17, 15) is 4.79 Å². The van der Waals surface area contributed by atoms with E-state index in [1.165, 1.54) is 6.34 Å². The van der Waals surface area contributed by atoms with Gasteiger partial charge in [0.05, 0.1) is 12.9 Å². The fourth-order valence-electron chi connectivity index (χ4n) is 0.863. The normalized spacial score (nSPS) is 11.0. The first-order valence-corrected chi connectivity index (χ1v) is 5.24. The zero-order chi connectivity index (χ0) is 12.1. The van der Waals surface area contributed by atoms with E-state index in [-0.39, 0.29) is 6.42 Å². The fourth-order valence-corrected chi connectivity index (χ4v) is 0.863. The molecule has 3 N–H and O–H groups in total. The second kappa shape index (κ2) is 12.7. The molecule has 4 heteroatoms. The predicted octanol–water partition coefficient (Wildman–Crippen LogP) is 2.20. The second-order valence-corrected chi connectivity index (χ2v) is 2.83. The molecule has 0 aliphatic carbocycles. The molecule has 0 heterocycles. The van der Waals surface area contributed by atoms with Gasteiger partial charge in [0.25, 0.3) is 0 Å². The molecule has 0 aliphatic heterocycles. The molecule has 0 radical (unpaired) electrons. The number of nitrogens with two attached hydrogens (primary N) is 1. The van der Waals surface area contributed by atoms with Gasteiger partial charge in [-0.1, -0.05) is 25.5 Å². The van der Waals surface area contributed by atoms with Crippen molar-refractivity contribution in [3.63, 3.8) is 0 Å². The van der Waals surface area contributed by atoms with E-state index in [1.54, 1.807) is 0 Å². The maximum absolute atomic E-state index is 10.2. The minimum atomic E-state index is -0.744. The lowest BCUT2D eigenvalue weighted by molar-refractivity contribution is -0.137. The molecule has 4 nitrogen and oxygen atoms in total. The molecule has 0 aromatic carbocycles. The van der Waals surface area contributed by atoms with Crippen molar-refractivity contribution in [1.82, 2.24) is 0 Å². The number of hydrogen-bond acceptors (Lipinski definition) is 2. The number of unbranched alkanes of at least 4 members (excludes halogenated alkanes) is 1. The lowest BCUT2D eigenvalue weighted by Gasteiger charge is -1.95. The minimum absolute atomic E-state index is 0.226. The van der Waals surface area contributed by atoms with Gasteiger partial charge in [-0.05, 0) is 19.8 Å². The molecule has 0 aliphatic rings. The summed E-state index contributed by atoms with van der Waals surface area (Å²) in [5, 5.41) is 8.36. The minimum Gasteiger partial charge on any atom is -0.481 e. The first-order chi connectivity index (χ1) is 7.16. The number of carboxylic acid groups (broad SMARTS) is 1. The van der Waals surface area contributed by atoms with Gasteiger partial charge in [0.2, 0.25) is 0 Å². The van der Waals surface area contributed by atoms with Crippen LogP contribution in [0.2, 0.25) is 0 Å². The van der Waals surface area contributed by atoms with Crippen molar-refractivity contribution in [2.24, 2.45) is 10.7 Å². The van der Waals surface area contributed by atoms with E-state index in [4.69, 9.17) is 10.8 Å². The Bertz CT molecular complexity index is 211. The van der Waals surface area contributed by atoms with Crippen LogP contribution in [0.1, 0.15) is 40.0 Å². The SMILES string of the molecule is C/C(=C\CCCC(=O)O)CN=CN.CC. The molecule has 0 fully saturated rings. The van der Waals surface area contributed by atoms with Gasteiger partial charge < -0.3 is 10.8 Å². The number of rotatable bonds is 6. The molecular weight excluding hydrogens is 192 g/mol. The highest BCUT2D eigenvalue weighted by Gasteiger charge is 1.94. The Morgan fingerprint density at radius 3 is 2.53 bits per heavy atom. The smallest absolute Gasteiger partial charge is 0.303 e. The Hall–Kier alpha value is -1.32. The van der Waals surface area contributed by atoms with Crippen LogP contribution in [-0.4, -0.2) is 24.0 Å². The van der Waals surface area contributed by atoms with Crippen molar-refractivity contribution in [3.8, 4) is 0 Å². The molecule has 0 saturated heterocycles. The molecule has 0 amide bonds. The summed E-state index contributed by atoms with van der Waals surface area (Å²) in [5.74, 6) is -0.744. The van der Waals surface area contributed by atoms with E-state index in [0.29, 0.717) is 13.0 Å². The van der Waals surface area contributed by atoms with E-state index in [0.717, 1.165) is 12.0 Å². The van der Waals surface area contributed by atoms with Crippen LogP contribution in [0, 0.1) is 0 Å². The van der Waals surface area contributed by atoms with Crippen LogP contribution in [-0.2, 0) is 4.79 Å².